The maximum atomic E-state index is 12.4. The molecule has 0 aliphatic heterocycles. The third-order valence-electron chi connectivity index (χ3n) is 2.70. The number of halogens is 1. The van der Waals surface area contributed by atoms with E-state index < -0.39 is 21.0 Å². The number of nitrogens with one attached hydrogen (secondary N) is 1. The van der Waals surface area contributed by atoms with Crippen LogP contribution in [0.15, 0.2) is 27.6 Å². The molecule has 1 aromatic rings. The number of methoxy groups -OCH3 is 1. The molecule has 0 heterocycles. The summed E-state index contributed by atoms with van der Waals surface area (Å²) in [4.78, 5) is 11.9. The Bertz CT molecular complexity index is 589. The fourth-order valence-corrected chi connectivity index (χ4v) is 3.91. The van der Waals surface area contributed by atoms with Gasteiger partial charge in [-0.05, 0) is 41.1 Å². The number of carbonyl (C=O) groups is 1. The molecule has 112 valence electrons. The molecule has 0 saturated heterocycles. The first kappa shape index (κ1) is 16.9. The number of amides is 1. The van der Waals surface area contributed by atoms with Crippen molar-refractivity contribution in [2.24, 2.45) is 0 Å². The Hall–Kier alpha value is -1.12. The largest absolute Gasteiger partial charge is 0.399 e. The summed E-state index contributed by atoms with van der Waals surface area (Å²) in [6, 6.07) is 4.35. The molecule has 0 bridgehead atoms. The summed E-state index contributed by atoms with van der Waals surface area (Å²) in [5.41, 5.74) is 6.01. The van der Waals surface area contributed by atoms with Crippen molar-refractivity contribution in [2.75, 3.05) is 26.0 Å². The molecule has 3 N–H and O–H groups in total. The van der Waals surface area contributed by atoms with E-state index in [9.17, 15) is 13.2 Å². The molecule has 20 heavy (non-hydrogen) atoms. The molecule has 0 fully saturated rings. The van der Waals surface area contributed by atoms with Gasteiger partial charge in [0, 0.05) is 23.8 Å². The molecule has 1 amide bonds. The van der Waals surface area contributed by atoms with E-state index >= 15 is 0 Å². The molecule has 1 aromatic carbocycles. The van der Waals surface area contributed by atoms with Crippen LogP contribution in [0.2, 0.25) is 0 Å². The van der Waals surface area contributed by atoms with Crippen LogP contribution in [0.5, 0.6) is 0 Å². The first-order chi connectivity index (χ1) is 9.30. The van der Waals surface area contributed by atoms with E-state index in [-0.39, 0.29) is 11.4 Å². The minimum Gasteiger partial charge on any atom is -0.399 e. The molecular formula is C12H17BrN2O4S. The van der Waals surface area contributed by atoms with E-state index in [4.69, 9.17) is 10.5 Å². The zero-order chi connectivity index (χ0) is 15.3. The minimum absolute atomic E-state index is 0.0427. The predicted molar refractivity (Wildman–Crippen MR) is 80.1 cm³/mol. The average Bonchev–Trinajstić information content (AvgIpc) is 2.37. The van der Waals surface area contributed by atoms with Crippen molar-refractivity contribution in [2.45, 2.75) is 17.1 Å². The lowest BCUT2D eigenvalue weighted by Crippen LogP contribution is -2.39. The Morgan fingerprint density at radius 2 is 2.15 bits per heavy atom. The van der Waals surface area contributed by atoms with Crippen LogP contribution < -0.4 is 11.1 Å². The van der Waals surface area contributed by atoms with Crippen LogP contribution in [-0.2, 0) is 19.4 Å². The van der Waals surface area contributed by atoms with Crippen molar-refractivity contribution in [1.82, 2.24) is 5.32 Å². The highest BCUT2D eigenvalue weighted by Crippen LogP contribution is 2.27. The highest BCUT2D eigenvalue weighted by atomic mass is 79.9. The molecule has 0 spiro atoms. The van der Waals surface area contributed by atoms with E-state index in [0.29, 0.717) is 16.8 Å². The van der Waals surface area contributed by atoms with Crippen LogP contribution in [-0.4, -0.2) is 39.8 Å². The molecule has 1 atom stereocenters. The quantitative estimate of drug-likeness (QED) is 0.578. The number of carbonyl (C=O) groups excluding carboxylic acids is 1. The van der Waals surface area contributed by atoms with Gasteiger partial charge in [-0.15, -0.1) is 0 Å². The standard InChI is InChI=1S/C12H17BrN2O4S/c1-8(12(16)15-5-6-19-2)20(17,18)11-4-3-9(14)7-10(11)13/h3-4,7-8H,5-6,14H2,1-2H3,(H,15,16). The first-order valence-electron chi connectivity index (χ1n) is 5.86. The second kappa shape index (κ2) is 7.05. The van der Waals surface area contributed by atoms with Crippen molar-refractivity contribution in [3.05, 3.63) is 22.7 Å². The van der Waals surface area contributed by atoms with Gasteiger partial charge in [-0.3, -0.25) is 4.79 Å². The molecule has 1 rings (SSSR count). The number of nitrogen functional groups attached to an aromatic ring is 1. The number of ether oxygens (including phenoxy) is 1. The Kier molecular flexibility index (Phi) is 5.97. The van der Waals surface area contributed by atoms with Crippen molar-refractivity contribution in [3.8, 4) is 0 Å². The fraction of sp³-hybridized carbons (Fsp3) is 0.417. The molecule has 0 aromatic heterocycles. The normalized spacial score (nSPS) is 12.9. The predicted octanol–water partition coefficient (Wildman–Crippen LogP) is 0.956. The molecule has 6 nitrogen and oxygen atoms in total. The lowest BCUT2D eigenvalue weighted by molar-refractivity contribution is -0.120. The third kappa shape index (κ3) is 3.94. The number of anilines is 1. The summed E-state index contributed by atoms with van der Waals surface area (Å²) in [5.74, 6) is -0.564. The summed E-state index contributed by atoms with van der Waals surface area (Å²) in [6.07, 6.45) is 0. The fourth-order valence-electron chi connectivity index (χ4n) is 1.50. The first-order valence-corrected chi connectivity index (χ1v) is 8.20. The van der Waals surface area contributed by atoms with Crippen LogP contribution >= 0.6 is 15.9 Å². The Labute approximate surface area is 126 Å². The lowest BCUT2D eigenvalue weighted by atomic mass is 10.3. The zero-order valence-corrected chi connectivity index (χ0v) is 13.6. The number of hydrogen-bond acceptors (Lipinski definition) is 5. The molecule has 0 saturated carbocycles. The second-order valence-corrected chi connectivity index (χ2v) is 7.25. The van der Waals surface area contributed by atoms with Crippen molar-refractivity contribution < 1.29 is 17.9 Å². The van der Waals surface area contributed by atoms with Gasteiger partial charge in [0.05, 0.1) is 11.5 Å². The van der Waals surface area contributed by atoms with Crippen molar-refractivity contribution >= 4 is 37.4 Å². The number of hydrogen-bond donors (Lipinski definition) is 2. The molecule has 1 unspecified atom stereocenters. The number of nitrogens with two attached hydrogens (primary N) is 1. The number of sulfone groups is 1. The van der Waals surface area contributed by atoms with Crippen LogP contribution in [0.25, 0.3) is 0 Å². The molecule has 0 aliphatic rings. The summed E-state index contributed by atoms with van der Waals surface area (Å²) in [7, 11) is -2.28. The molecular weight excluding hydrogens is 348 g/mol. The smallest absolute Gasteiger partial charge is 0.238 e. The summed E-state index contributed by atoms with van der Waals surface area (Å²) in [6.45, 7) is 1.93. The van der Waals surface area contributed by atoms with Gasteiger partial charge in [-0.25, -0.2) is 8.42 Å². The molecule has 0 radical (unpaired) electrons. The monoisotopic (exact) mass is 364 g/mol. The van der Waals surface area contributed by atoms with Gasteiger partial charge in [0.1, 0.15) is 5.25 Å². The van der Waals surface area contributed by atoms with Gasteiger partial charge in [-0.2, -0.15) is 0 Å². The molecule has 8 heteroatoms. The van der Waals surface area contributed by atoms with E-state index in [1.807, 2.05) is 0 Å². The second-order valence-electron chi connectivity index (χ2n) is 4.16. The number of rotatable bonds is 6. The van der Waals surface area contributed by atoms with Crippen LogP contribution in [0.4, 0.5) is 5.69 Å². The van der Waals surface area contributed by atoms with Gasteiger partial charge in [0.25, 0.3) is 0 Å². The van der Waals surface area contributed by atoms with Crippen molar-refractivity contribution in [3.63, 3.8) is 0 Å². The summed E-state index contributed by atoms with van der Waals surface area (Å²) in [5, 5.41) is 1.31. The van der Waals surface area contributed by atoms with E-state index in [2.05, 4.69) is 21.2 Å². The SMILES string of the molecule is COCCNC(=O)C(C)S(=O)(=O)c1ccc(N)cc1Br. The Morgan fingerprint density at radius 1 is 1.50 bits per heavy atom. The number of benzene rings is 1. The Balaban J connectivity index is 2.95. The molecule has 0 aliphatic carbocycles. The lowest BCUT2D eigenvalue weighted by Gasteiger charge is -2.14. The van der Waals surface area contributed by atoms with E-state index in [1.54, 1.807) is 0 Å². The van der Waals surface area contributed by atoms with Gasteiger partial charge in [0.15, 0.2) is 9.84 Å². The highest BCUT2D eigenvalue weighted by Gasteiger charge is 2.31. The van der Waals surface area contributed by atoms with Crippen LogP contribution in [0, 0.1) is 0 Å². The van der Waals surface area contributed by atoms with E-state index in [0.717, 1.165) is 0 Å². The maximum Gasteiger partial charge on any atom is 0.238 e. The van der Waals surface area contributed by atoms with Crippen LogP contribution in [0.1, 0.15) is 6.92 Å². The Morgan fingerprint density at radius 3 is 2.70 bits per heavy atom. The third-order valence-corrected chi connectivity index (χ3v) is 5.74. The van der Waals surface area contributed by atoms with Crippen molar-refractivity contribution in [1.29, 1.82) is 0 Å². The zero-order valence-electron chi connectivity index (χ0n) is 11.2. The average molecular weight is 365 g/mol. The van der Waals surface area contributed by atoms with Crippen LogP contribution in [0.3, 0.4) is 0 Å². The highest BCUT2D eigenvalue weighted by molar-refractivity contribution is 9.10. The van der Waals surface area contributed by atoms with Gasteiger partial charge in [-0.1, -0.05) is 0 Å². The van der Waals surface area contributed by atoms with Gasteiger partial charge < -0.3 is 15.8 Å². The summed E-state index contributed by atoms with van der Waals surface area (Å²) >= 11 is 3.15. The summed E-state index contributed by atoms with van der Waals surface area (Å²) < 4.78 is 29.9. The van der Waals surface area contributed by atoms with Gasteiger partial charge in [0.2, 0.25) is 5.91 Å². The minimum atomic E-state index is -3.78. The van der Waals surface area contributed by atoms with Gasteiger partial charge >= 0.3 is 0 Å². The maximum absolute atomic E-state index is 12.4. The topological polar surface area (TPSA) is 98.5 Å². The van der Waals surface area contributed by atoms with E-state index in [1.165, 1.54) is 32.2 Å².